The molecule has 2 rings (SSSR count). The summed E-state index contributed by atoms with van der Waals surface area (Å²) < 4.78 is 15.8. The topological polar surface area (TPSA) is 44.8 Å². The van der Waals surface area contributed by atoms with Gasteiger partial charge in [-0.3, -0.25) is 4.79 Å². The van der Waals surface area contributed by atoms with Gasteiger partial charge in [-0.1, -0.05) is 6.07 Å². The minimum atomic E-state index is -0.00902. The van der Waals surface area contributed by atoms with E-state index in [1.165, 1.54) is 14.2 Å². The first-order valence-corrected chi connectivity index (χ1v) is 6.93. The highest BCUT2D eigenvalue weighted by Crippen LogP contribution is 2.40. The summed E-state index contributed by atoms with van der Waals surface area (Å²) in [6, 6.07) is 7.29. The molecule has 0 radical (unpaired) electrons. The van der Waals surface area contributed by atoms with Crippen LogP contribution >= 0.6 is 11.3 Å². The first-order valence-electron chi connectivity index (χ1n) is 6.05. The summed E-state index contributed by atoms with van der Waals surface area (Å²) in [5.41, 5.74) is 0.499. The SMILES string of the molecule is COc1ccc(C(=O)Cc2cccs2)c(OC)c1OC. The molecule has 0 unspecified atom stereocenters. The van der Waals surface area contributed by atoms with E-state index in [4.69, 9.17) is 14.2 Å². The van der Waals surface area contributed by atoms with E-state index in [1.54, 1.807) is 30.6 Å². The van der Waals surface area contributed by atoms with Crippen LogP contribution in [-0.2, 0) is 6.42 Å². The number of Topliss-reactive ketones (excluding diaryl/α,β-unsaturated/α-hetero) is 1. The second-order valence-corrected chi connectivity index (χ2v) is 5.09. The Morgan fingerprint density at radius 2 is 1.80 bits per heavy atom. The molecule has 0 N–H and O–H groups in total. The number of methoxy groups -OCH3 is 3. The average Bonchev–Trinajstić information content (AvgIpc) is 2.98. The van der Waals surface area contributed by atoms with E-state index >= 15 is 0 Å². The zero-order valence-electron chi connectivity index (χ0n) is 11.6. The minimum Gasteiger partial charge on any atom is -0.493 e. The summed E-state index contributed by atoms with van der Waals surface area (Å²) in [6.07, 6.45) is 0.351. The fourth-order valence-electron chi connectivity index (χ4n) is 1.99. The van der Waals surface area contributed by atoms with Crippen LogP contribution in [0.1, 0.15) is 15.2 Å². The van der Waals surface area contributed by atoms with Gasteiger partial charge in [0.25, 0.3) is 0 Å². The van der Waals surface area contributed by atoms with Gasteiger partial charge in [-0.05, 0) is 23.6 Å². The fraction of sp³-hybridized carbons (Fsp3) is 0.267. The third kappa shape index (κ3) is 2.77. The molecule has 1 aromatic heterocycles. The summed E-state index contributed by atoms with van der Waals surface area (Å²) >= 11 is 1.56. The normalized spacial score (nSPS) is 10.2. The largest absolute Gasteiger partial charge is 0.493 e. The van der Waals surface area contributed by atoms with Crippen molar-refractivity contribution in [3.05, 3.63) is 40.1 Å². The van der Waals surface area contributed by atoms with E-state index in [1.807, 2.05) is 17.5 Å². The number of carbonyl (C=O) groups is 1. The predicted octanol–water partition coefficient (Wildman–Crippen LogP) is 3.20. The molecule has 0 aliphatic heterocycles. The first-order chi connectivity index (χ1) is 9.71. The van der Waals surface area contributed by atoms with E-state index in [2.05, 4.69) is 0 Å². The maximum absolute atomic E-state index is 12.4. The summed E-state index contributed by atoms with van der Waals surface area (Å²) in [5.74, 6) is 1.38. The Hall–Kier alpha value is -2.01. The van der Waals surface area contributed by atoms with Crippen molar-refractivity contribution in [1.29, 1.82) is 0 Å². The molecule has 0 saturated carbocycles. The van der Waals surface area contributed by atoms with Gasteiger partial charge >= 0.3 is 0 Å². The second-order valence-electron chi connectivity index (χ2n) is 4.06. The molecule has 0 spiro atoms. The number of benzene rings is 1. The van der Waals surface area contributed by atoms with Gasteiger partial charge in [-0.25, -0.2) is 0 Å². The highest BCUT2D eigenvalue weighted by molar-refractivity contribution is 7.10. The van der Waals surface area contributed by atoms with E-state index in [9.17, 15) is 4.79 Å². The third-order valence-corrected chi connectivity index (χ3v) is 3.80. The van der Waals surface area contributed by atoms with Crippen molar-refractivity contribution in [3.63, 3.8) is 0 Å². The summed E-state index contributed by atoms with van der Waals surface area (Å²) in [5, 5.41) is 1.95. The number of hydrogen-bond donors (Lipinski definition) is 0. The van der Waals surface area contributed by atoms with Crippen LogP contribution in [0.4, 0.5) is 0 Å². The Morgan fingerprint density at radius 3 is 2.35 bits per heavy atom. The van der Waals surface area contributed by atoms with Gasteiger partial charge in [0.1, 0.15) is 0 Å². The van der Waals surface area contributed by atoms with E-state index < -0.39 is 0 Å². The lowest BCUT2D eigenvalue weighted by atomic mass is 10.1. The molecule has 0 saturated heterocycles. The summed E-state index contributed by atoms with van der Waals surface area (Å²) in [7, 11) is 4.58. The second kappa shape index (κ2) is 6.43. The Morgan fingerprint density at radius 1 is 1.05 bits per heavy atom. The Bertz CT molecular complexity index is 590. The third-order valence-electron chi connectivity index (χ3n) is 2.92. The van der Waals surface area contributed by atoms with Gasteiger partial charge in [-0.2, -0.15) is 0 Å². The molecule has 0 bridgehead atoms. The molecule has 1 aromatic carbocycles. The van der Waals surface area contributed by atoms with E-state index in [0.29, 0.717) is 29.2 Å². The zero-order valence-corrected chi connectivity index (χ0v) is 12.5. The number of ether oxygens (including phenoxy) is 3. The predicted molar refractivity (Wildman–Crippen MR) is 78.5 cm³/mol. The molecule has 106 valence electrons. The molecule has 5 heteroatoms. The number of thiophene rings is 1. The molecule has 0 atom stereocenters. The molecule has 0 fully saturated rings. The van der Waals surface area contributed by atoms with Crippen LogP contribution in [-0.4, -0.2) is 27.1 Å². The lowest BCUT2D eigenvalue weighted by Crippen LogP contribution is -2.07. The van der Waals surface area contributed by atoms with Gasteiger partial charge in [0, 0.05) is 11.3 Å². The zero-order chi connectivity index (χ0) is 14.5. The van der Waals surface area contributed by atoms with Gasteiger partial charge in [0.2, 0.25) is 5.75 Å². The van der Waals surface area contributed by atoms with Crippen LogP contribution < -0.4 is 14.2 Å². The molecule has 0 amide bonds. The van der Waals surface area contributed by atoms with Crippen LogP contribution in [0.5, 0.6) is 17.2 Å². The van der Waals surface area contributed by atoms with Crippen molar-refractivity contribution in [2.24, 2.45) is 0 Å². The maximum atomic E-state index is 12.4. The quantitative estimate of drug-likeness (QED) is 0.767. The molecule has 4 nitrogen and oxygen atoms in total. The molecular formula is C15H16O4S. The van der Waals surface area contributed by atoms with Crippen molar-refractivity contribution in [2.75, 3.05) is 21.3 Å². The molecule has 0 aliphatic rings. The summed E-state index contributed by atoms with van der Waals surface area (Å²) in [6.45, 7) is 0. The minimum absolute atomic E-state index is 0.00902. The number of carbonyl (C=O) groups excluding carboxylic acids is 1. The van der Waals surface area contributed by atoms with Crippen molar-refractivity contribution < 1.29 is 19.0 Å². The summed E-state index contributed by atoms with van der Waals surface area (Å²) in [4.78, 5) is 13.4. The first kappa shape index (κ1) is 14.4. The van der Waals surface area contributed by atoms with Crippen LogP contribution in [0, 0.1) is 0 Å². The molecule has 1 heterocycles. The van der Waals surface area contributed by atoms with Crippen molar-refractivity contribution in [2.45, 2.75) is 6.42 Å². The molecular weight excluding hydrogens is 276 g/mol. The van der Waals surface area contributed by atoms with Gasteiger partial charge in [0.15, 0.2) is 17.3 Å². The Kier molecular flexibility index (Phi) is 4.63. The van der Waals surface area contributed by atoms with Crippen molar-refractivity contribution >= 4 is 17.1 Å². The van der Waals surface area contributed by atoms with Crippen molar-refractivity contribution in [3.8, 4) is 17.2 Å². The van der Waals surface area contributed by atoms with Crippen LogP contribution in [0.3, 0.4) is 0 Å². The maximum Gasteiger partial charge on any atom is 0.204 e. The Labute approximate surface area is 121 Å². The molecule has 20 heavy (non-hydrogen) atoms. The lowest BCUT2D eigenvalue weighted by molar-refractivity contribution is 0.0990. The monoisotopic (exact) mass is 292 g/mol. The number of ketones is 1. The van der Waals surface area contributed by atoms with E-state index in [0.717, 1.165) is 4.88 Å². The average molecular weight is 292 g/mol. The van der Waals surface area contributed by atoms with Crippen molar-refractivity contribution in [1.82, 2.24) is 0 Å². The molecule has 2 aromatic rings. The highest BCUT2D eigenvalue weighted by Gasteiger charge is 2.20. The van der Waals surface area contributed by atoms with Crippen LogP contribution in [0.15, 0.2) is 29.6 Å². The fourth-order valence-corrected chi connectivity index (χ4v) is 2.69. The molecule has 0 aliphatic carbocycles. The highest BCUT2D eigenvalue weighted by atomic mass is 32.1. The lowest BCUT2D eigenvalue weighted by Gasteiger charge is -2.14. The number of rotatable bonds is 6. The number of hydrogen-bond acceptors (Lipinski definition) is 5. The van der Waals surface area contributed by atoms with Gasteiger partial charge in [0.05, 0.1) is 26.9 Å². The van der Waals surface area contributed by atoms with E-state index in [-0.39, 0.29) is 5.78 Å². The smallest absolute Gasteiger partial charge is 0.204 e. The van der Waals surface area contributed by atoms with Crippen LogP contribution in [0.25, 0.3) is 0 Å². The van der Waals surface area contributed by atoms with Gasteiger partial charge < -0.3 is 14.2 Å². The van der Waals surface area contributed by atoms with Crippen LogP contribution in [0.2, 0.25) is 0 Å². The Balaban J connectivity index is 2.38. The standard InChI is InChI=1S/C15H16O4S/c1-17-13-7-6-11(14(18-2)15(13)19-3)12(16)9-10-5-4-8-20-10/h4-8H,9H2,1-3H3. The van der Waals surface area contributed by atoms with Gasteiger partial charge in [-0.15, -0.1) is 11.3 Å².